The van der Waals surface area contributed by atoms with Gasteiger partial charge < -0.3 is 10.1 Å². The number of sulfonamides is 1. The van der Waals surface area contributed by atoms with Crippen molar-refractivity contribution in [2.24, 2.45) is 0 Å². The lowest BCUT2D eigenvalue weighted by Crippen LogP contribution is -2.38. The van der Waals surface area contributed by atoms with E-state index in [1.807, 2.05) is 39.0 Å². The molecule has 0 saturated carbocycles. The van der Waals surface area contributed by atoms with Crippen LogP contribution in [0.4, 0.5) is 11.4 Å². The lowest BCUT2D eigenvalue weighted by Gasteiger charge is -2.24. The summed E-state index contributed by atoms with van der Waals surface area (Å²) in [6, 6.07) is 10.8. The summed E-state index contributed by atoms with van der Waals surface area (Å²) in [6.45, 7) is 5.33. The molecular weight excluding hydrogens is 352 g/mol. The lowest BCUT2D eigenvalue weighted by atomic mass is 10.1. The first-order valence-electron chi connectivity index (χ1n) is 8.11. The average molecular weight is 376 g/mol. The maximum atomic E-state index is 12.5. The normalized spacial score (nSPS) is 11.1. The number of aryl methyl sites for hydroxylation is 3. The van der Waals surface area contributed by atoms with Crippen LogP contribution in [0.5, 0.6) is 5.75 Å². The summed E-state index contributed by atoms with van der Waals surface area (Å²) >= 11 is 0. The van der Waals surface area contributed by atoms with Gasteiger partial charge in [0, 0.05) is 0 Å². The van der Waals surface area contributed by atoms with Gasteiger partial charge in [-0.05, 0) is 50.1 Å². The van der Waals surface area contributed by atoms with E-state index in [4.69, 9.17) is 4.74 Å². The Hall–Kier alpha value is -2.54. The van der Waals surface area contributed by atoms with Crippen molar-refractivity contribution in [1.82, 2.24) is 0 Å². The molecule has 2 rings (SSSR count). The summed E-state index contributed by atoms with van der Waals surface area (Å²) in [5.74, 6) is 0.0701. The van der Waals surface area contributed by atoms with E-state index in [2.05, 4.69) is 5.32 Å². The van der Waals surface area contributed by atoms with E-state index in [0.717, 1.165) is 27.3 Å². The number of rotatable bonds is 6. The highest BCUT2D eigenvalue weighted by Gasteiger charge is 2.23. The number of hydrogen-bond donors (Lipinski definition) is 1. The quantitative estimate of drug-likeness (QED) is 0.841. The summed E-state index contributed by atoms with van der Waals surface area (Å²) in [7, 11) is -2.11. The largest absolute Gasteiger partial charge is 0.495 e. The number of anilines is 2. The number of ether oxygens (including phenoxy) is 1. The Balaban J connectivity index is 2.30. The van der Waals surface area contributed by atoms with Crippen molar-refractivity contribution in [1.29, 1.82) is 0 Å². The number of benzene rings is 2. The summed E-state index contributed by atoms with van der Waals surface area (Å²) in [5.41, 5.74) is 3.76. The van der Waals surface area contributed by atoms with Crippen LogP contribution in [0.1, 0.15) is 16.7 Å². The third-order valence-electron chi connectivity index (χ3n) is 3.94. The highest BCUT2D eigenvalue weighted by atomic mass is 32.2. The molecule has 0 fully saturated rings. The fourth-order valence-corrected chi connectivity index (χ4v) is 3.62. The number of amides is 1. The first kappa shape index (κ1) is 19.8. The molecule has 0 heterocycles. The van der Waals surface area contributed by atoms with Gasteiger partial charge in [0.25, 0.3) is 0 Å². The first-order chi connectivity index (χ1) is 12.1. The van der Waals surface area contributed by atoms with Crippen LogP contribution in [0.3, 0.4) is 0 Å². The molecule has 0 spiro atoms. The zero-order chi connectivity index (χ0) is 19.5. The van der Waals surface area contributed by atoms with Crippen molar-refractivity contribution in [2.75, 3.05) is 29.5 Å². The van der Waals surface area contributed by atoms with Gasteiger partial charge in [-0.2, -0.15) is 0 Å². The summed E-state index contributed by atoms with van der Waals surface area (Å²) in [5, 5.41) is 2.74. The summed E-state index contributed by atoms with van der Waals surface area (Å²) in [6.07, 6.45) is 1.09. The number of carbonyl (C=O) groups excluding carboxylic acids is 1. The highest BCUT2D eigenvalue weighted by molar-refractivity contribution is 7.92. The van der Waals surface area contributed by atoms with Crippen LogP contribution < -0.4 is 14.4 Å². The molecule has 2 aromatic carbocycles. The van der Waals surface area contributed by atoms with Gasteiger partial charge in [-0.25, -0.2) is 8.42 Å². The van der Waals surface area contributed by atoms with Gasteiger partial charge in [0.15, 0.2) is 0 Å². The molecule has 0 unspecified atom stereocenters. The molecule has 0 aromatic heterocycles. The van der Waals surface area contributed by atoms with E-state index in [1.54, 1.807) is 18.2 Å². The highest BCUT2D eigenvalue weighted by Crippen LogP contribution is 2.26. The van der Waals surface area contributed by atoms with Crippen LogP contribution in [-0.2, 0) is 14.8 Å². The van der Waals surface area contributed by atoms with Gasteiger partial charge in [-0.3, -0.25) is 9.10 Å². The minimum atomic E-state index is -3.62. The molecule has 1 N–H and O–H groups in total. The first-order valence-corrected chi connectivity index (χ1v) is 9.96. The Morgan fingerprint density at radius 2 is 1.69 bits per heavy atom. The van der Waals surface area contributed by atoms with E-state index in [0.29, 0.717) is 17.1 Å². The number of hydrogen-bond acceptors (Lipinski definition) is 4. The van der Waals surface area contributed by atoms with Crippen LogP contribution in [-0.4, -0.2) is 34.2 Å². The van der Waals surface area contributed by atoms with E-state index in [9.17, 15) is 13.2 Å². The maximum Gasteiger partial charge on any atom is 0.245 e. The van der Waals surface area contributed by atoms with Crippen molar-refractivity contribution >= 4 is 27.3 Å². The molecule has 6 nitrogen and oxygen atoms in total. The summed E-state index contributed by atoms with van der Waals surface area (Å²) < 4.78 is 30.9. The molecule has 0 aliphatic rings. The molecule has 7 heteroatoms. The molecule has 26 heavy (non-hydrogen) atoms. The Labute approximate surface area is 154 Å². The third-order valence-corrected chi connectivity index (χ3v) is 5.06. The van der Waals surface area contributed by atoms with Crippen molar-refractivity contribution in [3.05, 3.63) is 53.1 Å². The van der Waals surface area contributed by atoms with Crippen LogP contribution in [0.25, 0.3) is 0 Å². The lowest BCUT2D eigenvalue weighted by molar-refractivity contribution is -0.114. The molecule has 140 valence electrons. The second-order valence-electron chi connectivity index (χ2n) is 6.31. The fourth-order valence-electron chi connectivity index (χ4n) is 2.71. The Bertz CT molecular complexity index is 923. The van der Waals surface area contributed by atoms with Crippen molar-refractivity contribution < 1.29 is 17.9 Å². The monoisotopic (exact) mass is 376 g/mol. The topological polar surface area (TPSA) is 75.7 Å². The van der Waals surface area contributed by atoms with E-state index < -0.39 is 15.9 Å². The van der Waals surface area contributed by atoms with E-state index in [1.165, 1.54) is 7.11 Å². The van der Waals surface area contributed by atoms with Gasteiger partial charge in [-0.1, -0.05) is 23.8 Å². The average Bonchev–Trinajstić information content (AvgIpc) is 2.52. The van der Waals surface area contributed by atoms with Gasteiger partial charge in [0.2, 0.25) is 15.9 Å². The molecule has 0 bridgehead atoms. The molecule has 0 aliphatic carbocycles. The minimum Gasteiger partial charge on any atom is -0.495 e. The zero-order valence-electron chi connectivity index (χ0n) is 15.7. The van der Waals surface area contributed by atoms with E-state index in [-0.39, 0.29) is 6.54 Å². The van der Waals surface area contributed by atoms with Crippen LogP contribution in [0.2, 0.25) is 0 Å². The van der Waals surface area contributed by atoms with Crippen molar-refractivity contribution in [3.8, 4) is 5.75 Å². The molecule has 0 aliphatic heterocycles. The summed E-state index contributed by atoms with van der Waals surface area (Å²) in [4.78, 5) is 12.5. The molecule has 0 atom stereocenters. The molecule has 2 aromatic rings. The Morgan fingerprint density at radius 1 is 1.08 bits per heavy atom. The molecular formula is C19H24N2O4S. The van der Waals surface area contributed by atoms with E-state index >= 15 is 0 Å². The fraction of sp³-hybridized carbons (Fsp3) is 0.316. The number of nitrogens with zero attached hydrogens (tertiary/aromatic N) is 1. The number of carbonyl (C=O) groups is 1. The van der Waals surface area contributed by atoms with Crippen LogP contribution in [0, 0.1) is 20.8 Å². The van der Waals surface area contributed by atoms with Gasteiger partial charge in [0.05, 0.1) is 24.7 Å². The molecule has 1 amide bonds. The standard InChI is InChI=1S/C19H24N2O4S/c1-13-6-8-17(15(3)10-13)21(26(5,23)24)12-19(22)20-16-11-14(2)7-9-18(16)25-4/h6-11H,12H2,1-5H3,(H,20,22). The SMILES string of the molecule is COc1ccc(C)cc1NC(=O)CN(c1ccc(C)cc1C)S(C)(=O)=O. The van der Waals surface area contributed by atoms with Crippen molar-refractivity contribution in [3.63, 3.8) is 0 Å². The Morgan fingerprint density at radius 3 is 2.27 bits per heavy atom. The number of methoxy groups -OCH3 is 1. The molecule has 0 saturated heterocycles. The smallest absolute Gasteiger partial charge is 0.245 e. The third kappa shape index (κ3) is 4.76. The maximum absolute atomic E-state index is 12.5. The van der Waals surface area contributed by atoms with Crippen molar-refractivity contribution in [2.45, 2.75) is 20.8 Å². The predicted octanol–water partition coefficient (Wildman–Crippen LogP) is 3.03. The van der Waals surface area contributed by atoms with Crippen LogP contribution >= 0.6 is 0 Å². The predicted molar refractivity (Wildman–Crippen MR) is 104 cm³/mol. The molecule has 0 radical (unpaired) electrons. The Kier molecular flexibility index (Phi) is 5.92. The van der Waals surface area contributed by atoms with Gasteiger partial charge >= 0.3 is 0 Å². The minimum absolute atomic E-state index is 0.320. The second-order valence-corrected chi connectivity index (χ2v) is 8.22. The van der Waals surface area contributed by atoms with Gasteiger partial charge in [0.1, 0.15) is 12.3 Å². The van der Waals surface area contributed by atoms with Crippen LogP contribution in [0.15, 0.2) is 36.4 Å². The second kappa shape index (κ2) is 7.78. The van der Waals surface area contributed by atoms with Gasteiger partial charge in [-0.15, -0.1) is 0 Å². The number of nitrogens with one attached hydrogen (secondary N) is 1. The zero-order valence-corrected chi connectivity index (χ0v) is 16.5.